The molecule has 0 radical (unpaired) electrons. The van der Waals surface area contributed by atoms with Crippen molar-refractivity contribution in [1.82, 2.24) is 0 Å². The van der Waals surface area contributed by atoms with Crippen LogP contribution in [-0.4, -0.2) is 5.38 Å². The Bertz CT molecular complexity index is 443. The van der Waals surface area contributed by atoms with Gasteiger partial charge in [0.1, 0.15) is 0 Å². The van der Waals surface area contributed by atoms with E-state index in [-0.39, 0.29) is 5.38 Å². The minimum atomic E-state index is 0.216. The van der Waals surface area contributed by atoms with E-state index in [1.807, 2.05) is 0 Å². The number of hydrogen-bond donors (Lipinski definition) is 0. The van der Waals surface area contributed by atoms with Crippen LogP contribution < -0.4 is 0 Å². The Balaban J connectivity index is 2.42. The maximum atomic E-state index is 6.31. The number of halogens is 1. The normalized spacial score (nSPS) is 20.9. The first-order valence-electron chi connectivity index (χ1n) is 6.51. The van der Waals surface area contributed by atoms with E-state index in [4.69, 9.17) is 11.6 Å². The Morgan fingerprint density at radius 3 is 2.47 bits per heavy atom. The number of alkyl halides is 1. The van der Waals surface area contributed by atoms with Crippen LogP contribution in [0.25, 0.3) is 5.57 Å². The number of allylic oxidation sites excluding steroid dienone is 2. The van der Waals surface area contributed by atoms with Gasteiger partial charge in [0.05, 0.1) is 5.38 Å². The van der Waals surface area contributed by atoms with Crippen molar-refractivity contribution >= 4 is 17.2 Å². The van der Waals surface area contributed by atoms with E-state index in [2.05, 4.69) is 39.0 Å². The molecule has 1 unspecified atom stereocenters. The van der Waals surface area contributed by atoms with E-state index in [0.717, 1.165) is 6.42 Å². The average Bonchev–Trinajstić information content (AvgIpc) is 2.48. The third-order valence-corrected chi connectivity index (χ3v) is 4.09. The van der Waals surface area contributed by atoms with Crippen molar-refractivity contribution in [3.8, 4) is 0 Å². The van der Waals surface area contributed by atoms with Gasteiger partial charge in [-0.3, -0.25) is 0 Å². The highest BCUT2D eigenvalue weighted by atomic mass is 35.5. The Morgan fingerprint density at radius 2 is 1.71 bits per heavy atom. The van der Waals surface area contributed by atoms with Crippen LogP contribution in [0.4, 0.5) is 0 Å². The van der Waals surface area contributed by atoms with Gasteiger partial charge in [-0.15, -0.1) is 11.6 Å². The molecular formula is C16H21Cl. The average molecular weight is 249 g/mol. The lowest BCUT2D eigenvalue weighted by Gasteiger charge is -2.13. The summed E-state index contributed by atoms with van der Waals surface area (Å²) in [6, 6.07) is 4.62. The van der Waals surface area contributed by atoms with Gasteiger partial charge in [-0.05, 0) is 67.9 Å². The first-order valence-corrected chi connectivity index (χ1v) is 6.94. The van der Waals surface area contributed by atoms with E-state index in [1.165, 1.54) is 47.1 Å². The third kappa shape index (κ3) is 2.93. The molecule has 1 aromatic carbocycles. The molecule has 0 nitrogen and oxygen atoms in total. The van der Waals surface area contributed by atoms with Gasteiger partial charge in [0.25, 0.3) is 0 Å². The molecule has 0 aromatic heterocycles. The second kappa shape index (κ2) is 5.27. The molecule has 0 saturated carbocycles. The molecule has 1 aliphatic rings. The molecule has 0 fully saturated rings. The van der Waals surface area contributed by atoms with Gasteiger partial charge < -0.3 is 0 Å². The minimum absolute atomic E-state index is 0.216. The van der Waals surface area contributed by atoms with E-state index < -0.39 is 0 Å². The van der Waals surface area contributed by atoms with Crippen LogP contribution in [0.5, 0.6) is 0 Å². The van der Waals surface area contributed by atoms with Crippen molar-refractivity contribution < 1.29 is 0 Å². The fourth-order valence-corrected chi connectivity index (χ4v) is 2.88. The molecular weight excluding hydrogens is 228 g/mol. The van der Waals surface area contributed by atoms with Crippen molar-refractivity contribution in [3.63, 3.8) is 0 Å². The van der Waals surface area contributed by atoms with Gasteiger partial charge in [0, 0.05) is 0 Å². The van der Waals surface area contributed by atoms with Crippen LogP contribution in [0.3, 0.4) is 0 Å². The fourth-order valence-electron chi connectivity index (χ4n) is 2.57. The third-order valence-electron chi connectivity index (χ3n) is 3.74. The standard InChI is InChI=1S/C16H21Cl/c1-11-8-13(3)16(9-12(11)2)14-6-4-5-7-15(17)10-14/h8-10,15H,4-7H2,1-3H3. The lowest BCUT2D eigenvalue weighted by Crippen LogP contribution is -1.95. The van der Waals surface area contributed by atoms with E-state index in [9.17, 15) is 0 Å². The SMILES string of the molecule is Cc1cc(C)c(C2=CC(Cl)CCCC2)cc1C. The summed E-state index contributed by atoms with van der Waals surface area (Å²) in [7, 11) is 0. The highest BCUT2D eigenvalue weighted by Gasteiger charge is 2.13. The topological polar surface area (TPSA) is 0 Å². The molecule has 1 aromatic rings. The highest BCUT2D eigenvalue weighted by Crippen LogP contribution is 2.31. The smallest absolute Gasteiger partial charge is 0.0521 e. The highest BCUT2D eigenvalue weighted by molar-refractivity contribution is 6.22. The molecule has 0 N–H and O–H groups in total. The maximum Gasteiger partial charge on any atom is 0.0521 e. The number of rotatable bonds is 1. The molecule has 1 atom stereocenters. The summed E-state index contributed by atoms with van der Waals surface area (Å²) in [6.45, 7) is 6.57. The lowest BCUT2D eigenvalue weighted by molar-refractivity contribution is 0.724. The van der Waals surface area contributed by atoms with Crippen molar-refractivity contribution in [2.75, 3.05) is 0 Å². The zero-order valence-electron chi connectivity index (χ0n) is 11.0. The maximum absolute atomic E-state index is 6.31. The van der Waals surface area contributed by atoms with E-state index >= 15 is 0 Å². The van der Waals surface area contributed by atoms with Gasteiger partial charge >= 0.3 is 0 Å². The van der Waals surface area contributed by atoms with E-state index in [0.29, 0.717) is 0 Å². The summed E-state index contributed by atoms with van der Waals surface area (Å²) in [5.74, 6) is 0. The van der Waals surface area contributed by atoms with Crippen molar-refractivity contribution in [3.05, 3.63) is 40.5 Å². The van der Waals surface area contributed by atoms with Crippen molar-refractivity contribution in [1.29, 1.82) is 0 Å². The minimum Gasteiger partial charge on any atom is -0.118 e. The molecule has 17 heavy (non-hydrogen) atoms. The summed E-state index contributed by atoms with van der Waals surface area (Å²) in [5, 5.41) is 0.216. The van der Waals surface area contributed by atoms with Gasteiger partial charge in [0.15, 0.2) is 0 Å². The molecule has 0 spiro atoms. The zero-order valence-corrected chi connectivity index (χ0v) is 11.8. The number of hydrogen-bond acceptors (Lipinski definition) is 0. The van der Waals surface area contributed by atoms with Crippen LogP contribution in [-0.2, 0) is 0 Å². The fraction of sp³-hybridized carbons (Fsp3) is 0.500. The molecule has 2 rings (SSSR count). The predicted octanol–water partition coefficient (Wildman–Crippen LogP) is 5.18. The molecule has 0 heterocycles. The second-order valence-electron chi connectivity index (χ2n) is 5.21. The van der Waals surface area contributed by atoms with Crippen LogP contribution in [0, 0.1) is 20.8 Å². The molecule has 1 aliphatic carbocycles. The van der Waals surface area contributed by atoms with Gasteiger partial charge in [-0.1, -0.05) is 24.6 Å². The monoisotopic (exact) mass is 248 g/mol. The van der Waals surface area contributed by atoms with Gasteiger partial charge in [-0.2, -0.15) is 0 Å². The quantitative estimate of drug-likeness (QED) is 0.601. The molecule has 0 bridgehead atoms. The summed E-state index contributed by atoms with van der Waals surface area (Å²) in [5.41, 5.74) is 6.98. The van der Waals surface area contributed by atoms with Crippen LogP contribution in [0.2, 0.25) is 0 Å². The molecule has 92 valence electrons. The molecule has 1 heteroatoms. The van der Waals surface area contributed by atoms with Crippen molar-refractivity contribution in [2.24, 2.45) is 0 Å². The molecule has 0 amide bonds. The van der Waals surface area contributed by atoms with Gasteiger partial charge in [-0.25, -0.2) is 0 Å². The Morgan fingerprint density at radius 1 is 1.00 bits per heavy atom. The Hall–Kier alpha value is -0.750. The summed E-state index contributed by atoms with van der Waals surface area (Å²) < 4.78 is 0. The molecule has 0 saturated heterocycles. The predicted molar refractivity (Wildman–Crippen MR) is 76.7 cm³/mol. The van der Waals surface area contributed by atoms with Crippen molar-refractivity contribution in [2.45, 2.75) is 51.8 Å². The van der Waals surface area contributed by atoms with E-state index in [1.54, 1.807) is 0 Å². The molecule has 0 aliphatic heterocycles. The number of aryl methyl sites for hydroxylation is 3. The van der Waals surface area contributed by atoms with Gasteiger partial charge in [0.2, 0.25) is 0 Å². The summed E-state index contributed by atoms with van der Waals surface area (Å²) in [4.78, 5) is 0. The Kier molecular flexibility index (Phi) is 3.93. The van der Waals surface area contributed by atoms with Crippen LogP contribution in [0.1, 0.15) is 47.9 Å². The largest absolute Gasteiger partial charge is 0.118 e. The second-order valence-corrected chi connectivity index (χ2v) is 5.77. The Labute approximate surface area is 110 Å². The van der Waals surface area contributed by atoms with Crippen LogP contribution in [0.15, 0.2) is 18.2 Å². The van der Waals surface area contributed by atoms with Crippen LogP contribution >= 0.6 is 11.6 Å². The first-order chi connectivity index (χ1) is 8.08. The number of benzene rings is 1. The lowest BCUT2D eigenvalue weighted by atomic mass is 9.93. The summed E-state index contributed by atoms with van der Waals surface area (Å²) >= 11 is 6.31. The summed E-state index contributed by atoms with van der Waals surface area (Å²) in [6.07, 6.45) is 7.08. The first kappa shape index (κ1) is 12.7. The zero-order chi connectivity index (χ0) is 12.4.